The Bertz CT molecular complexity index is 1550. The quantitative estimate of drug-likeness (QED) is 0.355. The highest BCUT2D eigenvalue weighted by Crippen LogP contribution is 2.30. The van der Waals surface area contributed by atoms with E-state index >= 15 is 0 Å². The lowest BCUT2D eigenvalue weighted by Gasteiger charge is -2.27. The van der Waals surface area contributed by atoms with E-state index in [9.17, 15) is 48.3 Å². The van der Waals surface area contributed by atoms with E-state index in [-0.39, 0.29) is 22.5 Å². The number of alkyl halides is 6. The van der Waals surface area contributed by atoms with Crippen LogP contribution in [0.4, 0.5) is 40.8 Å². The molecule has 3 heterocycles. The van der Waals surface area contributed by atoms with Gasteiger partial charge in [-0.25, -0.2) is 18.7 Å². The lowest BCUT2D eigenvalue weighted by molar-refractivity contribution is -0.152. The predicted octanol–water partition coefficient (Wildman–Crippen LogP) is 3.71. The molecule has 2 atom stereocenters. The first kappa shape index (κ1) is 29.0. The van der Waals surface area contributed by atoms with Crippen molar-refractivity contribution in [2.75, 3.05) is 4.90 Å². The number of amides is 1. The van der Waals surface area contributed by atoms with E-state index in [0.717, 1.165) is 47.6 Å². The predicted molar refractivity (Wildman–Crippen MR) is 123 cm³/mol. The molecule has 17 heteroatoms. The molecule has 1 aliphatic rings. The molecule has 212 valence electrons. The molecule has 40 heavy (non-hydrogen) atoms. The molecule has 1 saturated heterocycles. The number of anilines is 1. The molecule has 0 saturated carbocycles. The maximum absolute atomic E-state index is 14.8. The zero-order chi connectivity index (χ0) is 29.4. The van der Waals surface area contributed by atoms with Crippen molar-refractivity contribution in [3.63, 3.8) is 0 Å². The molecule has 0 bridgehead atoms. The van der Waals surface area contributed by atoms with Crippen molar-refractivity contribution in [1.82, 2.24) is 20.3 Å². The molecule has 1 amide bonds. The largest absolute Gasteiger partial charge is 0.451 e. The standard InChI is InChI=1S/C23H15F8N5O3S/c24-13-1-3-14(4-2-13)36(20(37)19-17(40(38)39)6-18(35-19)22(26,27)28)10-11-5-16(32-9-15(11)25)12-7-33-21(34-8-12)23(29,30)31/h1-5,7-9,18-19,35H,6,10H2/t18-,19-/m1/s1. The summed E-state index contributed by atoms with van der Waals surface area (Å²) in [7, 11) is -3.19. The average molecular weight is 593 g/mol. The van der Waals surface area contributed by atoms with Crippen molar-refractivity contribution in [1.29, 1.82) is 0 Å². The molecule has 0 unspecified atom stereocenters. The van der Waals surface area contributed by atoms with Crippen LogP contribution in [0.15, 0.2) is 48.9 Å². The van der Waals surface area contributed by atoms with Crippen LogP contribution in [0.3, 0.4) is 0 Å². The van der Waals surface area contributed by atoms with Crippen molar-refractivity contribution >= 4 is 26.8 Å². The number of hydrogen-bond acceptors (Lipinski definition) is 7. The SMILES string of the molecule is O=C([C@@H]1N[C@@H](C(F)(F)F)CC1=S(=O)=O)N(Cc1cc(-c2cnc(C(F)(F)F)nc2)ncc1F)c1ccc(F)cc1. The van der Waals surface area contributed by atoms with Crippen LogP contribution in [-0.2, 0) is 27.8 Å². The number of nitrogens with one attached hydrogen (secondary N) is 1. The number of carbonyl (C=O) groups is 1. The number of carbonyl (C=O) groups excluding carboxylic acids is 1. The number of aromatic nitrogens is 3. The second-order valence-electron chi connectivity index (χ2n) is 8.45. The minimum absolute atomic E-state index is 0.0586. The van der Waals surface area contributed by atoms with Crippen LogP contribution < -0.4 is 10.2 Å². The van der Waals surface area contributed by atoms with Gasteiger partial charge in [0.1, 0.15) is 23.7 Å². The Hall–Kier alpha value is -3.99. The van der Waals surface area contributed by atoms with Crippen molar-refractivity contribution in [2.45, 2.75) is 37.4 Å². The third kappa shape index (κ3) is 6.25. The summed E-state index contributed by atoms with van der Waals surface area (Å²) >= 11 is 0. The van der Waals surface area contributed by atoms with Crippen molar-refractivity contribution < 1.29 is 48.3 Å². The van der Waals surface area contributed by atoms with Crippen LogP contribution >= 0.6 is 0 Å². The minimum Gasteiger partial charge on any atom is -0.306 e. The smallest absolute Gasteiger partial charge is 0.306 e. The summed E-state index contributed by atoms with van der Waals surface area (Å²) < 4.78 is 130. The highest BCUT2D eigenvalue weighted by atomic mass is 32.2. The summed E-state index contributed by atoms with van der Waals surface area (Å²) in [6.45, 7) is -0.707. The first-order chi connectivity index (χ1) is 18.6. The molecule has 8 nitrogen and oxygen atoms in total. The van der Waals surface area contributed by atoms with Gasteiger partial charge < -0.3 is 4.90 Å². The van der Waals surface area contributed by atoms with Gasteiger partial charge in [0.2, 0.25) is 22.0 Å². The van der Waals surface area contributed by atoms with Crippen LogP contribution in [0, 0.1) is 11.6 Å². The number of pyridine rings is 1. The van der Waals surface area contributed by atoms with Gasteiger partial charge in [-0.15, -0.1) is 0 Å². The molecule has 2 aromatic heterocycles. The van der Waals surface area contributed by atoms with Gasteiger partial charge in [0.05, 0.1) is 23.3 Å². The highest BCUT2D eigenvalue weighted by molar-refractivity contribution is 7.73. The summed E-state index contributed by atoms with van der Waals surface area (Å²) in [5.74, 6) is -4.40. The minimum atomic E-state index is -4.89. The van der Waals surface area contributed by atoms with E-state index in [1.807, 2.05) is 5.32 Å². The van der Waals surface area contributed by atoms with E-state index in [1.54, 1.807) is 0 Å². The number of hydrogen-bond donors (Lipinski definition) is 1. The van der Waals surface area contributed by atoms with Gasteiger partial charge in [0, 0.05) is 35.6 Å². The van der Waals surface area contributed by atoms with Crippen molar-refractivity contribution in [3.8, 4) is 11.3 Å². The average Bonchev–Trinajstić information content (AvgIpc) is 3.35. The summed E-state index contributed by atoms with van der Waals surface area (Å²) in [4.78, 5) is 23.6. The van der Waals surface area contributed by atoms with Gasteiger partial charge in [-0.1, -0.05) is 0 Å². The van der Waals surface area contributed by atoms with Crippen LogP contribution in [0.2, 0.25) is 0 Å². The third-order valence-electron chi connectivity index (χ3n) is 5.82. The zero-order valence-corrected chi connectivity index (χ0v) is 20.4. The van der Waals surface area contributed by atoms with E-state index < -0.39 is 75.9 Å². The van der Waals surface area contributed by atoms with Crippen LogP contribution in [0.1, 0.15) is 17.8 Å². The topological polar surface area (TPSA) is 105 Å². The van der Waals surface area contributed by atoms with Crippen molar-refractivity contribution in [2.24, 2.45) is 0 Å². The van der Waals surface area contributed by atoms with Crippen LogP contribution in [0.25, 0.3) is 11.3 Å². The lowest BCUT2D eigenvalue weighted by atomic mass is 10.1. The van der Waals surface area contributed by atoms with E-state index in [1.165, 1.54) is 0 Å². The molecule has 1 aromatic carbocycles. The summed E-state index contributed by atoms with van der Waals surface area (Å²) in [6, 6.07) is 0.696. The number of nitrogens with zero attached hydrogens (tertiary/aromatic N) is 4. The normalized spacial score (nSPS) is 17.6. The van der Waals surface area contributed by atoms with E-state index in [0.29, 0.717) is 6.20 Å². The van der Waals surface area contributed by atoms with Crippen LogP contribution in [-0.4, -0.2) is 52.4 Å². The Balaban J connectivity index is 1.73. The number of halogens is 8. The van der Waals surface area contributed by atoms with E-state index in [2.05, 4.69) is 15.0 Å². The molecule has 4 rings (SSSR count). The highest BCUT2D eigenvalue weighted by Gasteiger charge is 2.50. The maximum Gasteiger partial charge on any atom is 0.451 e. The maximum atomic E-state index is 14.8. The van der Waals surface area contributed by atoms with Crippen molar-refractivity contribution in [3.05, 3.63) is 71.9 Å². The van der Waals surface area contributed by atoms with Crippen LogP contribution in [0.5, 0.6) is 0 Å². The monoisotopic (exact) mass is 593 g/mol. The third-order valence-corrected chi connectivity index (χ3v) is 6.65. The van der Waals surface area contributed by atoms with Gasteiger partial charge in [0.15, 0.2) is 0 Å². The zero-order valence-electron chi connectivity index (χ0n) is 19.6. The summed E-state index contributed by atoms with van der Waals surface area (Å²) in [6.07, 6.45) is -8.49. The van der Waals surface area contributed by atoms with Gasteiger partial charge in [0.25, 0.3) is 0 Å². The molecule has 0 aliphatic carbocycles. The fraction of sp³-hybridized carbons (Fsp3) is 0.261. The Morgan fingerprint density at radius 1 is 0.975 bits per heavy atom. The fourth-order valence-electron chi connectivity index (χ4n) is 3.87. The Kier molecular flexibility index (Phi) is 7.89. The molecule has 0 spiro atoms. The molecular formula is C23H15F8N5O3S. The first-order valence-electron chi connectivity index (χ1n) is 11.0. The first-order valence-corrected chi connectivity index (χ1v) is 12.1. The molecule has 1 aliphatic heterocycles. The van der Waals surface area contributed by atoms with Gasteiger partial charge in [-0.05, 0) is 30.3 Å². The lowest BCUT2D eigenvalue weighted by Crippen LogP contribution is -2.50. The number of rotatable bonds is 5. The molecule has 1 N–H and O–H groups in total. The number of benzene rings is 1. The van der Waals surface area contributed by atoms with Gasteiger partial charge in [-0.3, -0.25) is 15.1 Å². The Labute approximate surface area is 221 Å². The summed E-state index contributed by atoms with van der Waals surface area (Å²) in [5, 5.41) is 1.94. The Morgan fingerprint density at radius 2 is 1.60 bits per heavy atom. The molecule has 3 aromatic rings. The van der Waals surface area contributed by atoms with E-state index in [4.69, 9.17) is 0 Å². The second-order valence-corrected chi connectivity index (χ2v) is 9.45. The second kappa shape index (κ2) is 10.9. The summed E-state index contributed by atoms with van der Waals surface area (Å²) in [5.41, 5.74) is -0.592. The van der Waals surface area contributed by atoms with Gasteiger partial charge in [-0.2, -0.15) is 34.8 Å². The van der Waals surface area contributed by atoms with Gasteiger partial charge >= 0.3 is 12.4 Å². The molecule has 0 radical (unpaired) electrons. The molecule has 1 fully saturated rings. The Morgan fingerprint density at radius 3 is 2.15 bits per heavy atom. The fourth-order valence-corrected chi connectivity index (χ4v) is 4.53. The molecular weight excluding hydrogens is 578 g/mol.